The molecule has 5 atom stereocenters. The highest BCUT2D eigenvalue weighted by molar-refractivity contribution is 5.50. The van der Waals surface area contributed by atoms with Crippen molar-refractivity contribution in [1.82, 2.24) is 9.55 Å². The maximum atomic E-state index is 12.8. The molecule has 1 aromatic heterocycles. The average molecular weight is 599 g/mol. The highest BCUT2D eigenvalue weighted by Gasteiger charge is 2.48. The first kappa shape index (κ1) is 30.8. The van der Waals surface area contributed by atoms with Crippen LogP contribution in [0.5, 0.6) is 11.5 Å². The van der Waals surface area contributed by atoms with Crippen LogP contribution >= 0.6 is 0 Å². The van der Waals surface area contributed by atoms with Gasteiger partial charge in [0.1, 0.15) is 41.0 Å². The summed E-state index contributed by atoms with van der Waals surface area (Å²) in [6.45, 7) is 1.48. The molecule has 1 aliphatic heterocycles. The summed E-state index contributed by atoms with van der Waals surface area (Å²) in [6.07, 6.45) is -2.80. The van der Waals surface area contributed by atoms with Crippen LogP contribution in [0.15, 0.2) is 94.6 Å². The number of benzene rings is 3. The lowest BCUT2D eigenvalue weighted by molar-refractivity contribution is -0.0967. The van der Waals surface area contributed by atoms with Gasteiger partial charge in [-0.1, -0.05) is 60.5 Å². The summed E-state index contributed by atoms with van der Waals surface area (Å²) in [5, 5.41) is 11.4. The van der Waals surface area contributed by atoms with E-state index in [1.807, 2.05) is 78.9 Å². The second-order valence-corrected chi connectivity index (χ2v) is 10.2. The lowest BCUT2D eigenvalue weighted by Crippen LogP contribution is -2.40. The molecule has 0 bridgehead atoms. The molecule has 0 radical (unpaired) electrons. The first-order valence-corrected chi connectivity index (χ1v) is 14.0. The van der Waals surface area contributed by atoms with Gasteiger partial charge < -0.3 is 28.8 Å². The summed E-state index contributed by atoms with van der Waals surface area (Å²) >= 11 is 0. The van der Waals surface area contributed by atoms with Gasteiger partial charge in [-0.05, 0) is 47.9 Å². The van der Waals surface area contributed by atoms with Gasteiger partial charge in [-0.3, -0.25) is 14.3 Å². The topological polar surface area (TPSA) is 121 Å². The van der Waals surface area contributed by atoms with Crippen LogP contribution < -0.4 is 20.7 Å². The summed E-state index contributed by atoms with van der Waals surface area (Å²) in [6, 6.07) is 24.8. The van der Waals surface area contributed by atoms with Gasteiger partial charge >= 0.3 is 5.69 Å². The molecular formula is C34H34N2O8. The fourth-order valence-corrected chi connectivity index (χ4v) is 5.53. The van der Waals surface area contributed by atoms with Crippen molar-refractivity contribution in [3.8, 4) is 23.3 Å². The average Bonchev–Trinajstić information content (AvgIpc) is 3.38. The molecular weight excluding hydrogens is 564 g/mol. The molecule has 10 heteroatoms. The molecule has 2 N–H and O–H groups in total. The number of aliphatic hydroxyl groups is 1. The Balaban J connectivity index is 1.58. The minimum atomic E-state index is -1.18. The maximum Gasteiger partial charge on any atom is 0.330 e. The molecule has 0 saturated carbocycles. The van der Waals surface area contributed by atoms with E-state index in [2.05, 4.69) is 16.8 Å². The standard InChI is InChI=1S/C34H34N2O8/c1-5-10-22-20-36(33(39)35-31(22)38)32-30(42-4)29(37)28(44-32)21-43-34(23-11-7-6-8-12-23,24-15-17-26(40-2)18-16-24)25-13-9-14-27(19-25)41-3/h6-9,11-20,28-30,32,37H,21H2,1-4H3,(H,35,38,39)/t28-,29?,30?,32-,34?/m1/s1. The Hall–Kier alpha value is -4.66. The molecule has 0 spiro atoms. The SMILES string of the molecule is CC#Cc1cn([C@@H]2O[C@H](COC(c3ccccc3)(c3ccc(OC)cc3)c3cccc(OC)c3)C(O)C2OC)c(=O)[nH]c1=O. The molecule has 1 aliphatic rings. The zero-order chi connectivity index (χ0) is 31.3. The second kappa shape index (κ2) is 13.3. The number of methoxy groups -OCH3 is 3. The number of nitrogens with one attached hydrogen (secondary N) is 1. The zero-order valence-electron chi connectivity index (χ0n) is 24.9. The third-order valence-electron chi connectivity index (χ3n) is 7.70. The Bertz CT molecular complexity index is 1760. The summed E-state index contributed by atoms with van der Waals surface area (Å²) in [5.74, 6) is 6.66. The van der Waals surface area contributed by atoms with Gasteiger partial charge in [0.05, 0.1) is 20.8 Å². The lowest BCUT2D eigenvalue weighted by atomic mass is 9.80. The number of H-pyrrole nitrogens is 1. The molecule has 1 saturated heterocycles. The first-order chi connectivity index (χ1) is 21.4. The van der Waals surface area contributed by atoms with Crippen LogP contribution in [0.2, 0.25) is 0 Å². The van der Waals surface area contributed by atoms with Gasteiger partial charge in [0.25, 0.3) is 5.56 Å². The van der Waals surface area contributed by atoms with E-state index in [9.17, 15) is 14.7 Å². The van der Waals surface area contributed by atoms with E-state index in [4.69, 9.17) is 23.7 Å². The van der Waals surface area contributed by atoms with E-state index in [0.717, 1.165) is 16.7 Å². The number of hydrogen-bond donors (Lipinski definition) is 2. The van der Waals surface area contributed by atoms with Crippen molar-refractivity contribution in [3.05, 3.63) is 128 Å². The monoisotopic (exact) mass is 598 g/mol. The third-order valence-corrected chi connectivity index (χ3v) is 7.70. The Labute approximate surface area is 254 Å². The summed E-state index contributed by atoms with van der Waals surface area (Å²) in [4.78, 5) is 27.3. The molecule has 0 aliphatic carbocycles. The van der Waals surface area contributed by atoms with Gasteiger partial charge in [-0.15, -0.1) is 5.92 Å². The predicted molar refractivity (Wildman–Crippen MR) is 163 cm³/mol. The highest BCUT2D eigenvalue weighted by atomic mass is 16.6. The van der Waals surface area contributed by atoms with Crippen LogP contribution in [-0.4, -0.2) is 60.9 Å². The Morgan fingerprint density at radius 2 is 1.59 bits per heavy atom. The van der Waals surface area contributed by atoms with E-state index in [0.29, 0.717) is 11.5 Å². The lowest BCUT2D eigenvalue weighted by Gasteiger charge is -2.37. The van der Waals surface area contributed by atoms with Gasteiger partial charge in [0.15, 0.2) is 6.23 Å². The Kier molecular flexibility index (Phi) is 9.32. The van der Waals surface area contributed by atoms with Gasteiger partial charge in [0.2, 0.25) is 0 Å². The molecule has 0 amide bonds. The normalized spacial score (nSPS) is 20.8. The molecule has 3 unspecified atom stereocenters. The van der Waals surface area contributed by atoms with E-state index >= 15 is 0 Å². The van der Waals surface area contributed by atoms with Crippen LogP contribution in [0.4, 0.5) is 0 Å². The van der Waals surface area contributed by atoms with Gasteiger partial charge in [-0.25, -0.2) is 4.79 Å². The minimum Gasteiger partial charge on any atom is -0.497 e. The molecule has 44 heavy (non-hydrogen) atoms. The molecule has 3 aromatic carbocycles. The van der Waals surface area contributed by atoms with Crippen molar-refractivity contribution in [2.75, 3.05) is 27.9 Å². The number of hydrogen-bond acceptors (Lipinski definition) is 8. The van der Waals surface area contributed by atoms with Gasteiger partial charge in [0, 0.05) is 13.3 Å². The van der Waals surface area contributed by atoms with Crippen molar-refractivity contribution in [1.29, 1.82) is 0 Å². The maximum absolute atomic E-state index is 12.8. The fraction of sp³-hybridized carbons (Fsp3) is 0.294. The van der Waals surface area contributed by atoms with E-state index in [1.54, 1.807) is 21.1 Å². The largest absolute Gasteiger partial charge is 0.497 e. The third kappa shape index (κ3) is 5.78. The highest BCUT2D eigenvalue weighted by Crippen LogP contribution is 2.43. The molecule has 228 valence electrons. The minimum absolute atomic E-state index is 0.0837. The molecule has 2 heterocycles. The van der Waals surface area contributed by atoms with Crippen molar-refractivity contribution >= 4 is 0 Å². The first-order valence-electron chi connectivity index (χ1n) is 14.0. The smallest absolute Gasteiger partial charge is 0.330 e. The predicted octanol–water partition coefficient (Wildman–Crippen LogP) is 3.21. The molecule has 4 aromatic rings. The number of aromatic amines is 1. The molecule has 10 nitrogen and oxygen atoms in total. The van der Waals surface area contributed by atoms with Crippen LogP contribution in [-0.2, 0) is 19.8 Å². The van der Waals surface area contributed by atoms with E-state index in [1.165, 1.54) is 17.9 Å². The van der Waals surface area contributed by atoms with Crippen LogP contribution in [0.1, 0.15) is 35.4 Å². The second-order valence-electron chi connectivity index (χ2n) is 10.2. The number of nitrogens with zero attached hydrogens (tertiary/aromatic N) is 1. The molecule has 5 rings (SSSR count). The zero-order valence-corrected chi connectivity index (χ0v) is 24.9. The summed E-state index contributed by atoms with van der Waals surface area (Å²) in [7, 11) is 4.62. The van der Waals surface area contributed by atoms with Crippen molar-refractivity contribution in [2.45, 2.75) is 37.1 Å². The quantitative estimate of drug-likeness (QED) is 0.211. The number of rotatable bonds is 10. The van der Waals surface area contributed by atoms with Crippen molar-refractivity contribution in [3.63, 3.8) is 0 Å². The van der Waals surface area contributed by atoms with E-state index in [-0.39, 0.29) is 12.2 Å². The fourth-order valence-electron chi connectivity index (χ4n) is 5.53. The Morgan fingerprint density at radius 3 is 2.25 bits per heavy atom. The molecule has 1 fully saturated rings. The number of ether oxygens (including phenoxy) is 5. The Morgan fingerprint density at radius 1 is 0.909 bits per heavy atom. The van der Waals surface area contributed by atoms with Crippen molar-refractivity contribution < 1.29 is 28.8 Å². The summed E-state index contributed by atoms with van der Waals surface area (Å²) in [5.41, 5.74) is -0.0235. The summed E-state index contributed by atoms with van der Waals surface area (Å²) < 4.78 is 30.9. The van der Waals surface area contributed by atoms with Crippen LogP contribution in [0, 0.1) is 11.8 Å². The number of aromatic nitrogens is 2. The van der Waals surface area contributed by atoms with Crippen molar-refractivity contribution in [2.24, 2.45) is 0 Å². The van der Waals surface area contributed by atoms with Crippen LogP contribution in [0.3, 0.4) is 0 Å². The van der Waals surface area contributed by atoms with Crippen LogP contribution in [0.25, 0.3) is 0 Å². The van der Waals surface area contributed by atoms with E-state index < -0.39 is 41.4 Å². The number of aliphatic hydroxyl groups excluding tert-OH is 1. The van der Waals surface area contributed by atoms with Gasteiger partial charge in [-0.2, -0.15) is 0 Å².